The van der Waals surface area contributed by atoms with Gasteiger partial charge in [-0.15, -0.1) is 0 Å². The maximum Gasteiger partial charge on any atom is 0.243 e. The van der Waals surface area contributed by atoms with Crippen molar-refractivity contribution >= 4 is 12.1 Å². The van der Waals surface area contributed by atoms with E-state index in [9.17, 15) is 4.79 Å². The first-order chi connectivity index (χ1) is 11.3. The molecule has 0 spiro atoms. The maximum absolute atomic E-state index is 11.6. The topological polar surface area (TPSA) is 50.7 Å². The van der Waals surface area contributed by atoms with Crippen molar-refractivity contribution in [2.75, 3.05) is 0 Å². The van der Waals surface area contributed by atoms with Crippen molar-refractivity contribution in [3.8, 4) is 5.75 Å². The normalized spacial score (nSPS) is 14.4. The molecule has 4 heteroatoms. The molecular formula is C19H20N2O2. The number of ether oxygens (including phenoxy) is 1. The molecule has 1 aliphatic rings. The van der Waals surface area contributed by atoms with E-state index in [0.29, 0.717) is 6.61 Å². The molecule has 23 heavy (non-hydrogen) atoms. The molecule has 2 aromatic rings. The van der Waals surface area contributed by atoms with Gasteiger partial charge in [0, 0.05) is 5.92 Å². The van der Waals surface area contributed by atoms with Gasteiger partial charge in [0.15, 0.2) is 0 Å². The smallest absolute Gasteiger partial charge is 0.243 e. The number of carbonyl (C=O) groups is 1. The predicted octanol–water partition coefficient (Wildman–Crippen LogP) is 3.52. The maximum atomic E-state index is 11.6. The minimum atomic E-state index is 0.0234. The number of nitrogens with one attached hydrogen (secondary N) is 1. The van der Waals surface area contributed by atoms with Crippen LogP contribution in [0.2, 0.25) is 0 Å². The van der Waals surface area contributed by atoms with E-state index >= 15 is 0 Å². The van der Waals surface area contributed by atoms with Crippen LogP contribution in [-0.2, 0) is 11.4 Å². The van der Waals surface area contributed by atoms with Crippen molar-refractivity contribution in [1.29, 1.82) is 0 Å². The number of benzene rings is 2. The van der Waals surface area contributed by atoms with E-state index in [4.69, 9.17) is 4.74 Å². The number of carbonyl (C=O) groups excluding carboxylic acids is 1. The van der Waals surface area contributed by atoms with E-state index in [0.717, 1.165) is 36.1 Å². The molecule has 1 N–H and O–H groups in total. The van der Waals surface area contributed by atoms with E-state index in [2.05, 4.69) is 10.5 Å². The SMILES string of the molecule is O=C(NN=Cc1ccc(OCc2ccccc2)cc1)C1CCC1. The summed E-state index contributed by atoms with van der Waals surface area (Å²) < 4.78 is 5.73. The minimum Gasteiger partial charge on any atom is -0.489 e. The Hall–Kier alpha value is -2.62. The van der Waals surface area contributed by atoms with Crippen LogP contribution in [0.15, 0.2) is 59.7 Å². The highest BCUT2D eigenvalue weighted by Gasteiger charge is 2.24. The largest absolute Gasteiger partial charge is 0.489 e. The average molecular weight is 308 g/mol. The van der Waals surface area contributed by atoms with E-state index in [1.54, 1.807) is 6.21 Å². The van der Waals surface area contributed by atoms with Gasteiger partial charge in [-0.25, -0.2) is 5.43 Å². The molecule has 0 atom stereocenters. The first kappa shape index (κ1) is 15.3. The third kappa shape index (κ3) is 4.42. The van der Waals surface area contributed by atoms with Crippen molar-refractivity contribution in [1.82, 2.24) is 5.43 Å². The Bertz CT molecular complexity index is 662. The van der Waals surface area contributed by atoms with Gasteiger partial charge in [-0.1, -0.05) is 36.8 Å². The lowest BCUT2D eigenvalue weighted by atomic mass is 9.85. The summed E-state index contributed by atoms with van der Waals surface area (Å²) >= 11 is 0. The van der Waals surface area contributed by atoms with E-state index in [1.807, 2.05) is 54.6 Å². The summed E-state index contributed by atoms with van der Waals surface area (Å²) in [7, 11) is 0. The molecule has 1 aliphatic carbocycles. The Morgan fingerprint density at radius 2 is 1.87 bits per heavy atom. The van der Waals surface area contributed by atoms with Gasteiger partial charge in [0.1, 0.15) is 12.4 Å². The standard InChI is InChI=1S/C19H20N2O2/c22-19(17-7-4-8-17)21-20-13-15-9-11-18(12-10-15)23-14-16-5-2-1-3-6-16/h1-3,5-6,9-13,17H,4,7-8,14H2,(H,21,22). The first-order valence-electron chi connectivity index (χ1n) is 7.91. The predicted molar refractivity (Wildman–Crippen MR) is 90.3 cm³/mol. The van der Waals surface area contributed by atoms with Gasteiger partial charge < -0.3 is 4.74 Å². The molecule has 2 aromatic carbocycles. The Balaban J connectivity index is 1.47. The summed E-state index contributed by atoms with van der Waals surface area (Å²) in [5.74, 6) is 0.987. The van der Waals surface area contributed by atoms with Crippen LogP contribution >= 0.6 is 0 Å². The second-order valence-electron chi connectivity index (χ2n) is 5.71. The van der Waals surface area contributed by atoms with Gasteiger partial charge in [-0.05, 0) is 48.2 Å². The molecule has 0 aromatic heterocycles. The van der Waals surface area contributed by atoms with Gasteiger partial charge in [0.2, 0.25) is 5.91 Å². The fourth-order valence-corrected chi connectivity index (χ4v) is 2.32. The zero-order chi connectivity index (χ0) is 15.9. The lowest BCUT2D eigenvalue weighted by Crippen LogP contribution is -2.31. The molecule has 0 bridgehead atoms. The molecule has 1 saturated carbocycles. The molecule has 4 nitrogen and oxygen atoms in total. The molecule has 0 aliphatic heterocycles. The van der Waals surface area contributed by atoms with E-state index in [1.165, 1.54) is 0 Å². The number of rotatable bonds is 6. The van der Waals surface area contributed by atoms with E-state index in [-0.39, 0.29) is 11.8 Å². The van der Waals surface area contributed by atoms with Crippen LogP contribution in [0, 0.1) is 5.92 Å². The minimum absolute atomic E-state index is 0.0234. The van der Waals surface area contributed by atoms with Crippen LogP contribution in [-0.4, -0.2) is 12.1 Å². The molecule has 3 rings (SSSR count). The fraction of sp³-hybridized carbons (Fsp3) is 0.263. The second kappa shape index (κ2) is 7.58. The van der Waals surface area contributed by atoms with E-state index < -0.39 is 0 Å². The van der Waals surface area contributed by atoms with Gasteiger partial charge in [-0.2, -0.15) is 5.10 Å². The molecule has 1 fully saturated rings. The number of hydrogen-bond acceptors (Lipinski definition) is 3. The molecule has 0 saturated heterocycles. The fourth-order valence-electron chi connectivity index (χ4n) is 2.32. The van der Waals surface area contributed by atoms with Crippen molar-refractivity contribution < 1.29 is 9.53 Å². The highest BCUT2D eigenvalue weighted by molar-refractivity contribution is 5.83. The van der Waals surface area contributed by atoms with Crippen molar-refractivity contribution in [3.63, 3.8) is 0 Å². The quantitative estimate of drug-likeness (QED) is 0.656. The van der Waals surface area contributed by atoms with Crippen LogP contribution < -0.4 is 10.2 Å². The van der Waals surface area contributed by atoms with Crippen LogP contribution in [0.25, 0.3) is 0 Å². The zero-order valence-electron chi connectivity index (χ0n) is 12.9. The summed E-state index contributed by atoms with van der Waals surface area (Å²) in [6, 6.07) is 17.7. The summed E-state index contributed by atoms with van der Waals surface area (Å²) in [5.41, 5.74) is 4.65. The summed E-state index contributed by atoms with van der Waals surface area (Å²) in [6.07, 6.45) is 4.76. The highest BCUT2D eigenvalue weighted by atomic mass is 16.5. The molecular weight excluding hydrogens is 288 g/mol. The first-order valence-corrected chi connectivity index (χ1v) is 7.91. The number of nitrogens with zero attached hydrogens (tertiary/aromatic N) is 1. The third-order valence-corrected chi connectivity index (χ3v) is 3.99. The average Bonchev–Trinajstić information content (AvgIpc) is 2.53. The Kier molecular flexibility index (Phi) is 5.04. The zero-order valence-corrected chi connectivity index (χ0v) is 12.9. The summed E-state index contributed by atoms with van der Waals surface area (Å²) in [6.45, 7) is 0.547. The monoisotopic (exact) mass is 308 g/mol. The lowest BCUT2D eigenvalue weighted by Gasteiger charge is -2.22. The van der Waals surface area contributed by atoms with Crippen molar-refractivity contribution in [3.05, 3.63) is 65.7 Å². The van der Waals surface area contributed by atoms with Gasteiger partial charge in [0.25, 0.3) is 0 Å². The third-order valence-electron chi connectivity index (χ3n) is 3.99. The molecule has 0 radical (unpaired) electrons. The van der Waals surface area contributed by atoms with Crippen LogP contribution in [0.3, 0.4) is 0 Å². The van der Waals surface area contributed by atoms with Crippen LogP contribution in [0.4, 0.5) is 0 Å². The summed E-state index contributed by atoms with van der Waals surface area (Å²) in [4.78, 5) is 11.6. The number of hydrogen-bond donors (Lipinski definition) is 1. The lowest BCUT2D eigenvalue weighted by molar-refractivity contribution is -0.127. The highest BCUT2D eigenvalue weighted by Crippen LogP contribution is 2.26. The Labute approximate surface area is 136 Å². The van der Waals surface area contributed by atoms with Crippen molar-refractivity contribution in [2.45, 2.75) is 25.9 Å². The number of hydrazone groups is 1. The Morgan fingerprint density at radius 3 is 2.52 bits per heavy atom. The van der Waals surface area contributed by atoms with Crippen LogP contribution in [0.5, 0.6) is 5.75 Å². The second-order valence-corrected chi connectivity index (χ2v) is 5.71. The molecule has 118 valence electrons. The Morgan fingerprint density at radius 1 is 1.13 bits per heavy atom. The van der Waals surface area contributed by atoms with Gasteiger partial charge in [0.05, 0.1) is 6.21 Å². The van der Waals surface area contributed by atoms with Gasteiger partial charge in [-0.3, -0.25) is 4.79 Å². The molecule has 0 unspecified atom stereocenters. The molecule has 0 heterocycles. The van der Waals surface area contributed by atoms with Gasteiger partial charge >= 0.3 is 0 Å². The molecule has 1 amide bonds. The summed E-state index contributed by atoms with van der Waals surface area (Å²) in [5, 5.41) is 4.00. The van der Waals surface area contributed by atoms with Crippen molar-refractivity contribution in [2.24, 2.45) is 11.0 Å². The number of amides is 1. The van der Waals surface area contributed by atoms with Crippen LogP contribution in [0.1, 0.15) is 30.4 Å².